The quantitative estimate of drug-likeness (QED) is 0.611. The zero-order chi connectivity index (χ0) is 8.72. The normalized spacial score (nSPS) is 41.5. The number of rotatable bonds is 2. The van der Waals surface area contributed by atoms with E-state index in [9.17, 15) is 0 Å². The van der Waals surface area contributed by atoms with Crippen molar-refractivity contribution in [3.8, 4) is 0 Å². The Morgan fingerprint density at radius 3 is 2.50 bits per heavy atom. The molecule has 1 heterocycles. The van der Waals surface area contributed by atoms with Gasteiger partial charge in [-0.1, -0.05) is 6.92 Å². The molecule has 2 aliphatic rings. The minimum absolute atomic E-state index is 0.764. The van der Waals surface area contributed by atoms with Crippen LogP contribution >= 0.6 is 0 Å². The van der Waals surface area contributed by atoms with E-state index in [4.69, 9.17) is 0 Å². The summed E-state index contributed by atoms with van der Waals surface area (Å²) < 4.78 is 0. The summed E-state index contributed by atoms with van der Waals surface area (Å²) in [5.41, 5.74) is 0. The molecule has 0 spiro atoms. The SMILES string of the molecule is CCC1C2CCC2CN1C(C)C. The lowest BCUT2D eigenvalue weighted by molar-refractivity contribution is 0.160. The van der Waals surface area contributed by atoms with Crippen LogP contribution in [0, 0.1) is 11.8 Å². The molecule has 1 aliphatic heterocycles. The lowest BCUT2D eigenvalue weighted by Gasteiger charge is -2.34. The predicted octanol–water partition coefficient (Wildman–Crippen LogP) is 2.52. The molecule has 0 aromatic heterocycles. The molecule has 2 rings (SSSR count). The molecule has 0 radical (unpaired) electrons. The summed E-state index contributed by atoms with van der Waals surface area (Å²) in [6.45, 7) is 8.42. The van der Waals surface area contributed by atoms with Crippen molar-refractivity contribution in [2.24, 2.45) is 11.8 Å². The van der Waals surface area contributed by atoms with Gasteiger partial charge in [0.1, 0.15) is 0 Å². The molecule has 1 nitrogen and oxygen atoms in total. The highest BCUT2D eigenvalue weighted by Gasteiger charge is 2.46. The first-order valence-corrected chi connectivity index (χ1v) is 5.49. The van der Waals surface area contributed by atoms with Crippen molar-refractivity contribution in [3.05, 3.63) is 0 Å². The molecule has 0 amide bonds. The Hall–Kier alpha value is -0.0400. The van der Waals surface area contributed by atoms with E-state index in [1.165, 1.54) is 25.8 Å². The molecule has 0 aromatic carbocycles. The van der Waals surface area contributed by atoms with Gasteiger partial charge in [-0.2, -0.15) is 0 Å². The van der Waals surface area contributed by atoms with Crippen LogP contribution in [0.3, 0.4) is 0 Å². The highest BCUT2D eigenvalue weighted by atomic mass is 15.2. The Morgan fingerprint density at radius 1 is 1.33 bits per heavy atom. The van der Waals surface area contributed by atoms with E-state index >= 15 is 0 Å². The van der Waals surface area contributed by atoms with Crippen LogP contribution in [0.15, 0.2) is 0 Å². The highest BCUT2D eigenvalue weighted by Crippen LogP contribution is 2.46. The molecule has 3 unspecified atom stereocenters. The van der Waals surface area contributed by atoms with Gasteiger partial charge in [-0.15, -0.1) is 0 Å². The van der Waals surface area contributed by atoms with Crippen LogP contribution in [0.4, 0.5) is 0 Å². The third-order valence-electron chi connectivity index (χ3n) is 3.92. The zero-order valence-electron chi connectivity index (χ0n) is 8.59. The zero-order valence-corrected chi connectivity index (χ0v) is 8.59. The number of fused-ring (bicyclic) bond motifs is 1. The summed E-state index contributed by atoms with van der Waals surface area (Å²) in [7, 11) is 0. The molecule has 2 fully saturated rings. The van der Waals surface area contributed by atoms with E-state index in [-0.39, 0.29) is 0 Å². The molecule has 12 heavy (non-hydrogen) atoms. The van der Waals surface area contributed by atoms with Gasteiger partial charge in [-0.3, -0.25) is 4.90 Å². The van der Waals surface area contributed by atoms with Gasteiger partial charge >= 0.3 is 0 Å². The minimum atomic E-state index is 0.764. The largest absolute Gasteiger partial charge is 0.297 e. The Morgan fingerprint density at radius 2 is 2.08 bits per heavy atom. The van der Waals surface area contributed by atoms with Crippen molar-refractivity contribution >= 4 is 0 Å². The number of hydrogen-bond donors (Lipinski definition) is 0. The Labute approximate surface area is 76.1 Å². The average Bonchev–Trinajstić information content (AvgIpc) is 2.23. The monoisotopic (exact) mass is 167 g/mol. The molecule has 1 saturated carbocycles. The molecule has 0 aromatic rings. The van der Waals surface area contributed by atoms with E-state index < -0.39 is 0 Å². The Kier molecular flexibility index (Phi) is 2.16. The topological polar surface area (TPSA) is 3.24 Å². The van der Waals surface area contributed by atoms with Crippen molar-refractivity contribution in [1.82, 2.24) is 4.90 Å². The maximum Gasteiger partial charge on any atom is 0.0127 e. The van der Waals surface area contributed by atoms with Crippen molar-refractivity contribution in [2.45, 2.75) is 52.1 Å². The number of likely N-dealkylation sites (tertiary alicyclic amines) is 1. The van der Waals surface area contributed by atoms with E-state index in [1.807, 2.05) is 0 Å². The molecule has 1 aliphatic carbocycles. The standard InChI is InChI=1S/C11H21N/c1-4-11-10-6-5-9(10)7-12(11)8(2)3/h8-11H,4-7H2,1-3H3. The smallest absolute Gasteiger partial charge is 0.0127 e. The molecule has 3 atom stereocenters. The third-order valence-corrected chi connectivity index (χ3v) is 3.92. The van der Waals surface area contributed by atoms with Gasteiger partial charge in [0.25, 0.3) is 0 Å². The summed E-state index contributed by atoms with van der Waals surface area (Å²) >= 11 is 0. The maximum absolute atomic E-state index is 2.72. The highest BCUT2D eigenvalue weighted by molar-refractivity contribution is 4.99. The van der Waals surface area contributed by atoms with Crippen LogP contribution in [-0.4, -0.2) is 23.5 Å². The van der Waals surface area contributed by atoms with Gasteiger partial charge in [0.15, 0.2) is 0 Å². The van der Waals surface area contributed by atoms with Crippen LogP contribution in [0.25, 0.3) is 0 Å². The number of nitrogens with zero attached hydrogens (tertiary/aromatic N) is 1. The van der Waals surface area contributed by atoms with Crippen molar-refractivity contribution in [2.75, 3.05) is 6.54 Å². The van der Waals surface area contributed by atoms with E-state index in [2.05, 4.69) is 25.7 Å². The summed E-state index contributed by atoms with van der Waals surface area (Å²) in [6, 6.07) is 1.68. The molecular formula is C11H21N. The van der Waals surface area contributed by atoms with Gasteiger partial charge in [0, 0.05) is 18.6 Å². The predicted molar refractivity (Wildman–Crippen MR) is 52.1 cm³/mol. The second kappa shape index (κ2) is 3.02. The Balaban J connectivity index is 2.05. The maximum atomic E-state index is 2.72. The van der Waals surface area contributed by atoms with Crippen LogP contribution in [0.1, 0.15) is 40.0 Å². The van der Waals surface area contributed by atoms with Crippen LogP contribution in [0.2, 0.25) is 0 Å². The van der Waals surface area contributed by atoms with Crippen molar-refractivity contribution < 1.29 is 0 Å². The second-order valence-corrected chi connectivity index (χ2v) is 4.77. The van der Waals surface area contributed by atoms with Gasteiger partial charge in [0.05, 0.1) is 0 Å². The first-order valence-electron chi connectivity index (χ1n) is 5.49. The van der Waals surface area contributed by atoms with Gasteiger partial charge < -0.3 is 0 Å². The first-order chi connectivity index (χ1) is 5.74. The van der Waals surface area contributed by atoms with Gasteiger partial charge in [-0.05, 0) is 44.9 Å². The van der Waals surface area contributed by atoms with E-state index in [1.54, 1.807) is 0 Å². The third kappa shape index (κ3) is 1.10. The average molecular weight is 167 g/mol. The molecule has 0 bridgehead atoms. The molecule has 1 saturated heterocycles. The number of hydrogen-bond acceptors (Lipinski definition) is 1. The first kappa shape index (κ1) is 8.55. The second-order valence-electron chi connectivity index (χ2n) is 4.77. The van der Waals surface area contributed by atoms with Gasteiger partial charge in [0.2, 0.25) is 0 Å². The fourth-order valence-electron chi connectivity index (χ4n) is 3.11. The van der Waals surface area contributed by atoms with Crippen LogP contribution in [-0.2, 0) is 0 Å². The van der Waals surface area contributed by atoms with E-state index in [0.29, 0.717) is 0 Å². The fraction of sp³-hybridized carbons (Fsp3) is 1.00. The minimum Gasteiger partial charge on any atom is -0.297 e. The summed E-state index contributed by atoms with van der Waals surface area (Å²) in [6.07, 6.45) is 4.37. The van der Waals surface area contributed by atoms with Crippen LogP contribution in [0.5, 0.6) is 0 Å². The van der Waals surface area contributed by atoms with Crippen molar-refractivity contribution in [3.63, 3.8) is 0 Å². The van der Waals surface area contributed by atoms with E-state index in [0.717, 1.165) is 23.9 Å². The van der Waals surface area contributed by atoms with Crippen LogP contribution < -0.4 is 0 Å². The fourth-order valence-corrected chi connectivity index (χ4v) is 3.11. The summed E-state index contributed by atoms with van der Waals surface area (Å²) in [5.74, 6) is 2.13. The van der Waals surface area contributed by atoms with Crippen molar-refractivity contribution in [1.29, 1.82) is 0 Å². The lowest BCUT2D eigenvalue weighted by Crippen LogP contribution is -2.37. The molecular weight excluding hydrogens is 146 g/mol. The summed E-state index contributed by atoms with van der Waals surface area (Å²) in [5, 5.41) is 0. The Bertz CT molecular complexity index is 164. The summed E-state index contributed by atoms with van der Waals surface area (Å²) in [4.78, 5) is 2.72. The van der Waals surface area contributed by atoms with Gasteiger partial charge in [-0.25, -0.2) is 0 Å². The molecule has 1 heteroatoms. The molecule has 70 valence electrons. The molecule has 0 N–H and O–H groups in total. The lowest BCUT2D eigenvalue weighted by atomic mass is 9.72.